The van der Waals surface area contributed by atoms with Crippen molar-refractivity contribution in [2.75, 3.05) is 0 Å². The fraction of sp³-hybridized carbons (Fsp3) is 0.200. The molecule has 2 aromatic rings. The first kappa shape index (κ1) is 12.3. The molecular formula is C15H13FN2. The van der Waals surface area contributed by atoms with Crippen molar-refractivity contribution in [3.63, 3.8) is 0 Å². The number of nitriles is 1. The number of hydrogen-bond donors (Lipinski definition) is 0. The third kappa shape index (κ3) is 3.14. The summed E-state index contributed by atoms with van der Waals surface area (Å²) in [5, 5.41) is 9.16. The molecule has 3 heteroatoms. The van der Waals surface area contributed by atoms with Gasteiger partial charge in [0.05, 0.1) is 12.0 Å². The van der Waals surface area contributed by atoms with Gasteiger partial charge < -0.3 is 0 Å². The van der Waals surface area contributed by atoms with E-state index in [0.717, 1.165) is 17.5 Å². The van der Waals surface area contributed by atoms with E-state index < -0.39 is 0 Å². The summed E-state index contributed by atoms with van der Waals surface area (Å²) in [5.74, 6) is -0.397. The van der Waals surface area contributed by atoms with Gasteiger partial charge in [-0.3, -0.25) is 4.98 Å². The Morgan fingerprint density at radius 3 is 2.61 bits per heavy atom. The number of halogens is 1. The van der Waals surface area contributed by atoms with E-state index in [9.17, 15) is 4.39 Å². The van der Waals surface area contributed by atoms with Crippen molar-refractivity contribution in [2.24, 2.45) is 0 Å². The highest BCUT2D eigenvalue weighted by Gasteiger charge is 2.10. The van der Waals surface area contributed by atoms with Gasteiger partial charge in [-0.05, 0) is 42.2 Å². The number of nitrogens with zero attached hydrogens (tertiary/aromatic N) is 2. The van der Waals surface area contributed by atoms with Gasteiger partial charge in [-0.2, -0.15) is 5.26 Å². The monoisotopic (exact) mass is 240 g/mol. The first-order valence-electron chi connectivity index (χ1n) is 5.83. The van der Waals surface area contributed by atoms with Crippen molar-refractivity contribution in [1.82, 2.24) is 4.98 Å². The molecule has 0 spiro atoms. The first-order valence-corrected chi connectivity index (χ1v) is 5.83. The van der Waals surface area contributed by atoms with E-state index in [-0.39, 0.29) is 11.7 Å². The van der Waals surface area contributed by atoms with Gasteiger partial charge >= 0.3 is 0 Å². The predicted octanol–water partition coefficient (Wildman–Crippen LogP) is 3.46. The Bertz CT molecular complexity index is 529. The minimum absolute atomic E-state index is 0.163. The van der Waals surface area contributed by atoms with Crippen LogP contribution in [0.5, 0.6) is 0 Å². The Morgan fingerprint density at radius 1 is 1.22 bits per heavy atom. The molecule has 0 saturated heterocycles. The van der Waals surface area contributed by atoms with Crippen molar-refractivity contribution < 1.29 is 4.39 Å². The summed E-state index contributed by atoms with van der Waals surface area (Å²) in [7, 11) is 0. The lowest BCUT2D eigenvalue weighted by molar-refractivity contribution is 0.626. The molecule has 0 aliphatic rings. The molecule has 1 aromatic carbocycles. The van der Waals surface area contributed by atoms with Crippen LogP contribution in [0.1, 0.15) is 23.5 Å². The molecule has 1 atom stereocenters. The fourth-order valence-electron chi connectivity index (χ4n) is 1.85. The molecule has 1 aromatic heterocycles. The van der Waals surface area contributed by atoms with Gasteiger partial charge in [-0.25, -0.2) is 4.39 Å². The Morgan fingerprint density at radius 2 is 2.00 bits per heavy atom. The van der Waals surface area contributed by atoms with Crippen molar-refractivity contribution in [1.29, 1.82) is 5.26 Å². The maximum Gasteiger partial charge on any atom is 0.123 e. The fourth-order valence-corrected chi connectivity index (χ4v) is 1.85. The van der Waals surface area contributed by atoms with Gasteiger partial charge in [0, 0.05) is 12.4 Å². The summed E-state index contributed by atoms with van der Waals surface area (Å²) < 4.78 is 12.8. The summed E-state index contributed by atoms with van der Waals surface area (Å²) >= 11 is 0. The van der Waals surface area contributed by atoms with Gasteiger partial charge in [-0.15, -0.1) is 0 Å². The minimum atomic E-state index is -0.233. The van der Waals surface area contributed by atoms with Crippen LogP contribution in [0.2, 0.25) is 0 Å². The van der Waals surface area contributed by atoms with Crippen LogP contribution >= 0.6 is 0 Å². The number of hydrogen-bond acceptors (Lipinski definition) is 2. The maximum absolute atomic E-state index is 12.8. The van der Waals surface area contributed by atoms with E-state index in [1.54, 1.807) is 24.5 Å². The number of aromatic nitrogens is 1. The molecule has 18 heavy (non-hydrogen) atoms. The van der Waals surface area contributed by atoms with E-state index in [4.69, 9.17) is 5.26 Å². The summed E-state index contributed by atoms with van der Waals surface area (Å²) in [5.41, 5.74) is 1.97. The lowest BCUT2D eigenvalue weighted by Crippen LogP contribution is -1.99. The Labute approximate surface area is 106 Å². The molecule has 0 N–H and O–H groups in total. The van der Waals surface area contributed by atoms with Crippen LogP contribution < -0.4 is 0 Å². The van der Waals surface area contributed by atoms with E-state index in [2.05, 4.69) is 11.1 Å². The molecule has 2 nitrogen and oxygen atoms in total. The average molecular weight is 240 g/mol. The summed E-state index contributed by atoms with van der Waals surface area (Å²) in [4.78, 5) is 4.02. The average Bonchev–Trinajstić information content (AvgIpc) is 2.43. The Hall–Kier alpha value is -2.21. The lowest BCUT2D eigenvalue weighted by atomic mass is 9.95. The maximum atomic E-state index is 12.8. The van der Waals surface area contributed by atoms with E-state index in [1.807, 2.05) is 12.1 Å². The zero-order valence-corrected chi connectivity index (χ0v) is 9.88. The summed E-state index contributed by atoms with van der Waals surface area (Å²) in [6.07, 6.45) is 4.89. The Balaban J connectivity index is 2.00. The second kappa shape index (κ2) is 5.92. The smallest absolute Gasteiger partial charge is 0.123 e. The third-order valence-corrected chi connectivity index (χ3v) is 2.88. The molecule has 0 aliphatic heterocycles. The van der Waals surface area contributed by atoms with Crippen LogP contribution in [0.15, 0.2) is 48.8 Å². The van der Waals surface area contributed by atoms with Crippen molar-refractivity contribution in [2.45, 2.75) is 18.8 Å². The van der Waals surface area contributed by atoms with Crippen LogP contribution in [0.4, 0.5) is 4.39 Å². The van der Waals surface area contributed by atoms with Crippen molar-refractivity contribution >= 4 is 0 Å². The van der Waals surface area contributed by atoms with Crippen LogP contribution in [0, 0.1) is 17.1 Å². The number of benzene rings is 1. The number of rotatable bonds is 4. The highest BCUT2D eigenvalue weighted by molar-refractivity contribution is 5.23. The quantitative estimate of drug-likeness (QED) is 0.820. The standard InChI is InChI=1S/C15H13FN2/c16-15-7-4-12(5-8-15)3-6-13(10-17)14-2-1-9-18-11-14/h1-2,4-5,7-9,11,13H,3,6H2. The minimum Gasteiger partial charge on any atom is -0.264 e. The van der Waals surface area contributed by atoms with E-state index in [1.165, 1.54) is 12.1 Å². The highest BCUT2D eigenvalue weighted by atomic mass is 19.1. The molecule has 0 aliphatic carbocycles. The molecule has 2 rings (SSSR count). The van der Waals surface area contributed by atoms with Crippen molar-refractivity contribution in [3.05, 3.63) is 65.7 Å². The molecular weight excluding hydrogens is 227 g/mol. The van der Waals surface area contributed by atoms with E-state index >= 15 is 0 Å². The van der Waals surface area contributed by atoms with Gasteiger partial charge in [0.2, 0.25) is 0 Å². The molecule has 0 fully saturated rings. The van der Waals surface area contributed by atoms with Crippen LogP contribution in [-0.2, 0) is 6.42 Å². The Kier molecular flexibility index (Phi) is 4.03. The molecule has 0 saturated carbocycles. The number of pyridine rings is 1. The molecule has 0 amide bonds. The second-order valence-electron chi connectivity index (χ2n) is 4.13. The second-order valence-corrected chi connectivity index (χ2v) is 4.13. The third-order valence-electron chi connectivity index (χ3n) is 2.88. The van der Waals surface area contributed by atoms with Crippen LogP contribution in [-0.4, -0.2) is 4.98 Å². The van der Waals surface area contributed by atoms with Gasteiger partial charge in [0.15, 0.2) is 0 Å². The highest BCUT2D eigenvalue weighted by Crippen LogP contribution is 2.20. The topological polar surface area (TPSA) is 36.7 Å². The predicted molar refractivity (Wildman–Crippen MR) is 67.3 cm³/mol. The van der Waals surface area contributed by atoms with Gasteiger partial charge in [-0.1, -0.05) is 18.2 Å². The summed E-state index contributed by atoms with van der Waals surface area (Å²) in [6, 6.07) is 12.4. The molecule has 1 unspecified atom stereocenters. The molecule has 0 radical (unpaired) electrons. The lowest BCUT2D eigenvalue weighted by Gasteiger charge is -2.08. The zero-order valence-electron chi connectivity index (χ0n) is 9.88. The first-order chi connectivity index (χ1) is 8.79. The van der Waals surface area contributed by atoms with Crippen LogP contribution in [0.25, 0.3) is 0 Å². The van der Waals surface area contributed by atoms with E-state index in [0.29, 0.717) is 6.42 Å². The molecule has 0 bridgehead atoms. The number of aryl methyl sites for hydroxylation is 1. The normalized spacial score (nSPS) is 11.8. The molecule has 1 heterocycles. The molecule has 90 valence electrons. The van der Waals surface area contributed by atoms with Crippen molar-refractivity contribution in [3.8, 4) is 6.07 Å². The van der Waals surface area contributed by atoms with Gasteiger partial charge in [0.1, 0.15) is 5.82 Å². The van der Waals surface area contributed by atoms with Crippen LogP contribution in [0.3, 0.4) is 0 Å². The largest absolute Gasteiger partial charge is 0.264 e. The van der Waals surface area contributed by atoms with Gasteiger partial charge in [0.25, 0.3) is 0 Å². The zero-order chi connectivity index (χ0) is 12.8. The SMILES string of the molecule is N#CC(CCc1ccc(F)cc1)c1cccnc1. The summed E-state index contributed by atoms with van der Waals surface area (Å²) in [6.45, 7) is 0.